The van der Waals surface area contributed by atoms with Crippen molar-refractivity contribution in [1.29, 1.82) is 0 Å². The van der Waals surface area contributed by atoms with E-state index < -0.39 is 0 Å². The summed E-state index contributed by atoms with van der Waals surface area (Å²) in [6, 6.07) is 10.0. The Kier molecular flexibility index (Phi) is 4.78. The third-order valence-corrected chi connectivity index (χ3v) is 3.96. The van der Waals surface area contributed by atoms with Crippen LogP contribution in [0.15, 0.2) is 39.2 Å². The zero-order valence-electron chi connectivity index (χ0n) is 11.4. The van der Waals surface area contributed by atoms with Crippen molar-refractivity contribution in [3.8, 4) is 5.75 Å². The van der Waals surface area contributed by atoms with Crippen LogP contribution >= 0.6 is 28.3 Å². The largest absolute Gasteiger partial charge is 0.483 e. The first kappa shape index (κ1) is 15.4. The van der Waals surface area contributed by atoms with Crippen LogP contribution in [0.25, 0.3) is 0 Å². The number of fused-ring (bicyclic) bond motifs is 1. The summed E-state index contributed by atoms with van der Waals surface area (Å²) < 4.78 is 12.9. The molecule has 2 heterocycles. The van der Waals surface area contributed by atoms with Crippen LogP contribution in [0.2, 0.25) is 0 Å². The average Bonchev–Trinajstić information content (AvgIpc) is 2.72. The highest BCUT2D eigenvalue weighted by molar-refractivity contribution is 9.10. The Morgan fingerprint density at radius 3 is 2.85 bits per heavy atom. The Labute approximate surface area is 133 Å². The molecule has 0 amide bonds. The lowest BCUT2D eigenvalue weighted by atomic mass is 10.1. The van der Waals surface area contributed by atoms with Crippen molar-refractivity contribution in [3.63, 3.8) is 0 Å². The molecular formula is C15H17BrClNO2. The first-order valence-electron chi connectivity index (χ1n) is 6.32. The molecule has 0 bridgehead atoms. The minimum absolute atomic E-state index is 0. The average molecular weight is 359 g/mol. The third-order valence-electron chi connectivity index (χ3n) is 3.31. The minimum Gasteiger partial charge on any atom is -0.483 e. The van der Waals surface area contributed by atoms with E-state index in [1.54, 1.807) is 0 Å². The maximum absolute atomic E-state index is 6.15. The lowest BCUT2D eigenvalue weighted by molar-refractivity contribution is 0.119. The van der Waals surface area contributed by atoms with Crippen molar-refractivity contribution in [2.24, 2.45) is 0 Å². The molecule has 2 aromatic rings. The predicted octanol–water partition coefficient (Wildman–Crippen LogP) is 4.34. The number of benzene rings is 1. The monoisotopic (exact) mass is 357 g/mol. The van der Waals surface area contributed by atoms with E-state index >= 15 is 0 Å². The molecule has 0 spiro atoms. The second-order valence-electron chi connectivity index (χ2n) is 4.97. The number of ether oxygens (including phenoxy) is 1. The molecule has 0 N–H and O–H groups in total. The van der Waals surface area contributed by atoms with Crippen molar-refractivity contribution < 1.29 is 9.15 Å². The number of aryl methyl sites for hydroxylation is 1. The molecule has 1 aliphatic heterocycles. The van der Waals surface area contributed by atoms with Crippen LogP contribution in [0, 0.1) is 6.92 Å². The van der Waals surface area contributed by atoms with Crippen molar-refractivity contribution in [2.45, 2.75) is 19.6 Å². The normalized spacial score (nSPS) is 18.2. The molecule has 1 unspecified atom stereocenters. The van der Waals surface area contributed by atoms with E-state index in [-0.39, 0.29) is 18.5 Å². The molecule has 20 heavy (non-hydrogen) atoms. The maximum atomic E-state index is 6.15. The first-order chi connectivity index (χ1) is 9.13. The van der Waals surface area contributed by atoms with Gasteiger partial charge in [-0.3, -0.25) is 4.90 Å². The molecule has 0 saturated heterocycles. The van der Waals surface area contributed by atoms with E-state index in [9.17, 15) is 0 Å². The highest BCUT2D eigenvalue weighted by Gasteiger charge is 2.28. The smallest absolute Gasteiger partial charge is 0.140 e. The van der Waals surface area contributed by atoms with Crippen molar-refractivity contribution in [2.75, 3.05) is 13.6 Å². The number of hydrogen-bond acceptors (Lipinski definition) is 3. The molecule has 1 atom stereocenters. The minimum atomic E-state index is 0. The van der Waals surface area contributed by atoms with Gasteiger partial charge in [-0.25, -0.2) is 0 Å². The summed E-state index contributed by atoms with van der Waals surface area (Å²) in [5.41, 5.74) is 1.17. The van der Waals surface area contributed by atoms with Gasteiger partial charge in [0.25, 0.3) is 0 Å². The summed E-state index contributed by atoms with van der Waals surface area (Å²) in [6.07, 6.45) is 0.0184. The molecule has 108 valence electrons. The predicted molar refractivity (Wildman–Crippen MR) is 84.5 cm³/mol. The lowest BCUT2D eigenvalue weighted by Gasteiger charge is -2.29. The molecule has 3 rings (SSSR count). The Bertz CT molecular complexity index is 599. The Morgan fingerprint density at radius 2 is 2.10 bits per heavy atom. The van der Waals surface area contributed by atoms with Gasteiger partial charge in [0.2, 0.25) is 0 Å². The number of nitrogens with zero attached hydrogens (tertiary/aromatic N) is 1. The second-order valence-corrected chi connectivity index (χ2v) is 5.82. The highest BCUT2D eigenvalue weighted by atomic mass is 79.9. The van der Waals surface area contributed by atoms with Crippen LogP contribution in [-0.2, 0) is 6.54 Å². The molecule has 0 aliphatic carbocycles. The Balaban J connectivity index is 0.00000147. The third kappa shape index (κ3) is 3.03. The SMILES string of the molecule is Cc1cc2c(o1)CN(C)CC2Oc1ccccc1Br.Cl. The fourth-order valence-corrected chi connectivity index (χ4v) is 2.84. The fraction of sp³-hybridized carbons (Fsp3) is 0.333. The van der Waals surface area contributed by atoms with Gasteiger partial charge in [0, 0.05) is 12.1 Å². The molecule has 0 radical (unpaired) electrons. The van der Waals surface area contributed by atoms with Gasteiger partial charge in [0.1, 0.15) is 23.4 Å². The summed E-state index contributed by atoms with van der Waals surface area (Å²) in [7, 11) is 2.08. The van der Waals surface area contributed by atoms with Gasteiger partial charge in [-0.2, -0.15) is 0 Å². The Hall–Kier alpha value is -0.970. The summed E-state index contributed by atoms with van der Waals surface area (Å²) >= 11 is 3.52. The fourth-order valence-electron chi connectivity index (χ4n) is 2.46. The molecule has 3 nitrogen and oxygen atoms in total. The van der Waals surface area contributed by atoms with E-state index in [2.05, 4.69) is 33.9 Å². The quantitative estimate of drug-likeness (QED) is 0.798. The van der Waals surface area contributed by atoms with Gasteiger partial charge in [0.05, 0.1) is 11.0 Å². The van der Waals surface area contributed by atoms with E-state index in [1.165, 1.54) is 5.56 Å². The maximum Gasteiger partial charge on any atom is 0.140 e. The van der Waals surface area contributed by atoms with Crippen LogP contribution < -0.4 is 4.74 Å². The van der Waals surface area contributed by atoms with Gasteiger partial charge < -0.3 is 9.15 Å². The number of para-hydroxylation sites is 1. The summed E-state index contributed by atoms with van der Waals surface area (Å²) in [6.45, 7) is 3.69. The molecule has 0 fully saturated rings. The summed E-state index contributed by atoms with van der Waals surface area (Å²) in [4.78, 5) is 2.22. The van der Waals surface area contributed by atoms with Gasteiger partial charge in [-0.1, -0.05) is 12.1 Å². The highest BCUT2D eigenvalue weighted by Crippen LogP contribution is 2.34. The topological polar surface area (TPSA) is 25.6 Å². The first-order valence-corrected chi connectivity index (χ1v) is 7.11. The molecule has 5 heteroatoms. The van der Waals surface area contributed by atoms with Crippen LogP contribution in [0.3, 0.4) is 0 Å². The van der Waals surface area contributed by atoms with E-state index in [1.807, 2.05) is 31.2 Å². The van der Waals surface area contributed by atoms with Crippen molar-refractivity contribution in [3.05, 3.63) is 51.9 Å². The molecular weight excluding hydrogens is 342 g/mol. The summed E-state index contributed by atoms with van der Waals surface area (Å²) in [5, 5.41) is 0. The van der Waals surface area contributed by atoms with Gasteiger partial charge in [-0.05, 0) is 48.1 Å². The number of rotatable bonds is 2. The van der Waals surface area contributed by atoms with Crippen LogP contribution in [0.5, 0.6) is 5.75 Å². The summed E-state index contributed by atoms with van der Waals surface area (Å²) in [5.74, 6) is 2.83. The standard InChI is InChI=1S/C15H16BrNO2.ClH/c1-10-7-11-14(18-10)8-17(2)9-15(11)19-13-6-4-3-5-12(13)16;/h3-7,15H,8-9H2,1-2H3;1H. The number of hydrogen-bond donors (Lipinski definition) is 0. The zero-order valence-corrected chi connectivity index (χ0v) is 13.8. The molecule has 0 saturated carbocycles. The van der Waals surface area contributed by atoms with Crippen molar-refractivity contribution in [1.82, 2.24) is 4.90 Å². The van der Waals surface area contributed by atoms with Gasteiger partial charge in [0.15, 0.2) is 0 Å². The van der Waals surface area contributed by atoms with E-state index in [0.717, 1.165) is 34.8 Å². The lowest BCUT2D eigenvalue weighted by Crippen LogP contribution is -2.32. The number of furan rings is 1. The van der Waals surface area contributed by atoms with Gasteiger partial charge in [-0.15, -0.1) is 12.4 Å². The van der Waals surface area contributed by atoms with Crippen LogP contribution in [-0.4, -0.2) is 18.5 Å². The van der Waals surface area contributed by atoms with Crippen LogP contribution in [0.4, 0.5) is 0 Å². The molecule has 1 aliphatic rings. The second kappa shape index (κ2) is 6.20. The van der Waals surface area contributed by atoms with Gasteiger partial charge >= 0.3 is 0 Å². The van der Waals surface area contributed by atoms with Crippen LogP contribution in [0.1, 0.15) is 23.2 Å². The van der Waals surface area contributed by atoms with E-state index in [4.69, 9.17) is 9.15 Å². The number of likely N-dealkylation sites (N-methyl/N-ethyl adjacent to an activating group) is 1. The molecule has 1 aromatic carbocycles. The van der Waals surface area contributed by atoms with E-state index in [0.29, 0.717) is 0 Å². The van der Waals surface area contributed by atoms with Crippen molar-refractivity contribution >= 4 is 28.3 Å². The Morgan fingerprint density at radius 1 is 1.35 bits per heavy atom. The molecule has 1 aromatic heterocycles. The number of halogens is 2. The zero-order chi connectivity index (χ0) is 13.4.